The summed E-state index contributed by atoms with van der Waals surface area (Å²) in [5.74, 6) is 0.465. The first-order chi connectivity index (χ1) is 11.6. The van der Waals surface area contributed by atoms with Crippen LogP contribution in [0.1, 0.15) is 11.6 Å². The van der Waals surface area contributed by atoms with Crippen LogP contribution in [-0.4, -0.2) is 32.9 Å². The van der Waals surface area contributed by atoms with E-state index >= 15 is 0 Å². The quantitative estimate of drug-likeness (QED) is 0.768. The molecule has 0 fully saturated rings. The lowest BCUT2D eigenvalue weighted by Gasteiger charge is -2.16. The summed E-state index contributed by atoms with van der Waals surface area (Å²) in [6, 6.07) is 16.1. The van der Waals surface area contributed by atoms with Gasteiger partial charge < -0.3 is 10.5 Å². The minimum atomic E-state index is -0.879. The second-order valence-electron chi connectivity index (χ2n) is 4.97. The number of primary amides is 1. The van der Waals surface area contributed by atoms with Gasteiger partial charge in [-0.1, -0.05) is 60.1 Å². The van der Waals surface area contributed by atoms with Crippen molar-refractivity contribution in [2.45, 2.75) is 6.04 Å². The van der Waals surface area contributed by atoms with Gasteiger partial charge in [-0.05, 0) is 11.3 Å². The lowest BCUT2D eigenvalue weighted by molar-refractivity contribution is 0.139. The first-order valence-corrected chi connectivity index (χ1v) is 7.54. The number of hydrogen-bond donors (Lipinski definition) is 1. The molecule has 1 heterocycles. The largest absolute Gasteiger partial charge is 0.447 e. The molecule has 0 aliphatic carbocycles. The molecule has 7 nitrogen and oxygen atoms in total. The van der Waals surface area contributed by atoms with Gasteiger partial charge in [0.2, 0.25) is 5.82 Å². The Morgan fingerprint density at radius 2 is 1.88 bits per heavy atom. The number of carbonyl (C=O) groups is 1. The summed E-state index contributed by atoms with van der Waals surface area (Å²) in [4.78, 5) is 12.3. The molecule has 3 rings (SSSR count). The molecule has 0 radical (unpaired) electrons. The van der Waals surface area contributed by atoms with Crippen molar-refractivity contribution in [3.05, 3.63) is 65.2 Å². The molecule has 2 aromatic carbocycles. The van der Waals surface area contributed by atoms with Gasteiger partial charge in [0, 0.05) is 16.1 Å². The number of benzene rings is 2. The summed E-state index contributed by atoms with van der Waals surface area (Å²) >= 11 is 6.25. The molecule has 2 N–H and O–H groups in total. The molecule has 1 unspecified atom stereocenters. The lowest BCUT2D eigenvalue weighted by Crippen LogP contribution is -2.24. The molecule has 1 amide bonds. The van der Waals surface area contributed by atoms with Crippen LogP contribution in [0.5, 0.6) is 0 Å². The molecular weight excluding hydrogens is 330 g/mol. The van der Waals surface area contributed by atoms with E-state index in [0.717, 1.165) is 5.56 Å². The lowest BCUT2D eigenvalue weighted by atomic mass is 10.1. The van der Waals surface area contributed by atoms with Crippen LogP contribution in [0.25, 0.3) is 11.4 Å². The van der Waals surface area contributed by atoms with Crippen LogP contribution in [0.15, 0.2) is 54.6 Å². The highest BCUT2D eigenvalue weighted by atomic mass is 35.5. The van der Waals surface area contributed by atoms with Crippen molar-refractivity contribution in [3.8, 4) is 11.4 Å². The Hall–Kier alpha value is -2.93. The zero-order valence-corrected chi connectivity index (χ0v) is 13.3. The van der Waals surface area contributed by atoms with E-state index in [1.807, 2.05) is 48.5 Å². The van der Waals surface area contributed by atoms with E-state index in [1.54, 1.807) is 6.07 Å². The Morgan fingerprint density at radius 3 is 2.58 bits per heavy atom. The standard InChI is InChI=1S/C16H14ClN5O2/c17-13-9-5-4-8-12(13)14(10-24-16(18)23)22-20-15(19-21-22)11-6-2-1-3-7-11/h1-9,14H,10H2,(H2,18,23). The highest BCUT2D eigenvalue weighted by molar-refractivity contribution is 6.31. The molecule has 8 heteroatoms. The fraction of sp³-hybridized carbons (Fsp3) is 0.125. The normalized spacial score (nSPS) is 11.9. The molecule has 1 atom stereocenters. The van der Waals surface area contributed by atoms with Crippen LogP contribution < -0.4 is 5.73 Å². The van der Waals surface area contributed by atoms with Gasteiger partial charge in [0.1, 0.15) is 12.6 Å². The molecule has 0 aliphatic heterocycles. The maximum absolute atomic E-state index is 11.0. The van der Waals surface area contributed by atoms with E-state index in [0.29, 0.717) is 16.4 Å². The van der Waals surface area contributed by atoms with Gasteiger partial charge in [-0.3, -0.25) is 0 Å². The SMILES string of the molecule is NC(=O)OCC(c1ccccc1Cl)n1nnc(-c2ccccc2)n1. The Bertz CT molecular complexity index is 837. The monoisotopic (exact) mass is 343 g/mol. The zero-order valence-electron chi connectivity index (χ0n) is 12.5. The number of amides is 1. The van der Waals surface area contributed by atoms with Crippen LogP contribution in [0.2, 0.25) is 5.02 Å². The molecular formula is C16H14ClN5O2. The Balaban J connectivity index is 1.95. The molecule has 1 aromatic heterocycles. The minimum Gasteiger partial charge on any atom is -0.447 e. The van der Waals surface area contributed by atoms with Gasteiger partial charge in [0.05, 0.1) is 0 Å². The van der Waals surface area contributed by atoms with Gasteiger partial charge >= 0.3 is 6.09 Å². The highest BCUT2D eigenvalue weighted by Crippen LogP contribution is 2.26. The predicted molar refractivity (Wildman–Crippen MR) is 88.4 cm³/mol. The van der Waals surface area contributed by atoms with Gasteiger partial charge in [0.15, 0.2) is 0 Å². The van der Waals surface area contributed by atoms with E-state index in [4.69, 9.17) is 22.1 Å². The average molecular weight is 344 g/mol. The van der Waals surface area contributed by atoms with Crippen LogP contribution in [-0.2, 0) is 4.74 Å². The van der Waals surface area contributed by atoms with Crippen molar-refractivity contribution in [2.24, 2.45) is 5.73 Å². The smallest absolute Gasteiger partial charge is 0.404 e. The maximum atomic E-state index is 11.0. The van der Waals surface area contributed by atoms with Gasteiger partial charge in [0.25, 0.3) is 0 Å². The molecule has 3 aromatic rings. The Kier molecular flexibility index (Phi) is 4.72. The molecule has 0 bridgehead atoms. The Morgan fingerprint density at radius 1 is 1.17 bits per heavy atom. The minimum absolute atomic E-state index is 0.0519. The number of hydrogen-bond acceptors (Lipinski definition) is 5. The Labute approximate surface area is 143 Å². The van der Waals surface area contributed by atoms with Crippen LogP contribution in [0.4, 0.5) is 4.79 Å². The second-order valence-corrected chi connectivity index (χ2v) is 5.37. The van der Waals surface area contributed by atoms with Crippen molar-refractivity contribution in [3.63, 3.8) is 0 Å². The summed E-state index contributed by atoms with van der Waals surface area (Å²) in [6.45, 7) is -0.0519. The number of aromatic nitrogens is 4. The number of halogens is 1. The first-order valence-electron chi connectivity index (χ1n) is 7.16. The average Bonchev–Trinajstić information content (AvgIpc) is 3.07. The number of ether oxygens (including phenoxy) is 1. The zero-order chi connectivity index (χ0) is 16.9. The summed E-state index contributed by atoms with van der Waals surface area (Å²) < 4.78 is 4.93. The first kappa shape index (κ1) is 15.9. The van der Waals surface area contributed by atoms with E-state index in [9.17, 15) is 4.79 Å². The molecule has 0 saturated carbocycles. The topological polar surface area (TPSA) is 95.9 Å². The predicted octanol–water partition coefficient (Wildman–Crippen LogP) is 2.68. The third-order valence-electron chi connectivity index (χ3n) is 3.39. The van der Waals surface area contributed by atoms with Crippen molar-refractivity contribution >= 4 is 17.7 Å². The number of rotatable bonds is 5. The molecule has 0 aliphatic rings. The summed E-state index contributed by atoms with van der Waals surface area (Å²) in [5.41, 5.74) is 6.61. The summed E-state index contributed by atoms with van der Waals surface area (Å²) in [5, 5.41) is 13.0. The fourth-order valence-corrected chi connectivity index (χ4v) is 2.51. The third kappa shape index (κ3) is 3.52. The van der Waals surface area contributed by atoms with Gasteiger partial charge in [-0.2, -0.15) is 4.80 Å². The molecule has 0 spiro atoms. The van der Waals surface area contributed by atoms with Crippen molar-refractivity contribution in [2.75, 3.05) is 6.61 Å². The molecule has 24 heavy (non-hydrogen) atoms. The number of nitrogens with two attached hydrogens (primary N) is 1. The van der Waals surface area contributed by atoms with Crippen LogP contribution in [0.3, 0.4) is 0 Å². The number of carbonyl (C=O) groups excluding carboxylic acids is 1. The number of nitrogens with zero attached hydrogens (tertiary/aromatic N) is 4. The van der Waals surface area contributed by atoms with Gasteiger partial charge in [-0.15, -0.1) is 10.2 Å². The van der Waals surface area contributed by atoms with Crippen LogP contribution in [0, 0.1) is 0 Å². The van der Waals surface area contributed by atoms with Crippen molar-refractivity contribution in [1.82, 2.24) is 20.2 Å². The van der Waals surface area contributed by atoms with E-state index in [1.165, 1.54) is 4.80 Å². The fourth-order valence-electron chi connectivity index (χ4n) is 2.25. The van der Waals surface area contributed by atoms with Gasteiger partial charge in [-0.25, -0.2) is 4.79 Å². The van der Waals surface area contributed by atoms with Crippen molar-refractivity contribution in [1.29, 1.82) is 0 Å². The van der Waals surface area contributed by atoms with Crippen molar-refractivity contribution < 1.29 is 9.53 Å². The van der Waals surface area contributed by atoms with Crippen LogP contribution >= 0.6 is 11.6 Å². The van der Waals surface area contributed by atoms with E-state index in [-0.39, 0.29) is 6.61 Å². The molecule has 0 saturated heterocycles. The highest BCUT2D eigenvalue weighted by Gasteiger charge is 2.21. The summed E-state index contributed by atoms with van der Waals surface area (Å²) in [6.07, 6.45) is -0.879. The maximum Gasteiger partial charge on any atom is 0.404 e. The molecule has 122 valence electrons. The summed E-state index contributed by atoms with van der Waals surface area (Å²) in [7, 11) is 0. The third-order valence-corrected chi connectivity index (χ3v) is 3.73. The number of tetrazole rings is 1. The van der Waals surface area contributed by atoms with E-state index in [2.05, 4.69) is 15.4 Å². The second kappa shape index (κ2) is 7.10. The van der Waals surface area contributed by atoms with E-state index < -0.39 is 12.1 Å².